The van der Waals surface area contributed by atoms with E-state index in [0.717, 1.165) is 18.8 Å². The Bertz CT molecular complexity index is 675. The van der Waals surface area contributed by atoms with Crippen molar-refractivity contribution in [1.82, 2.24) is 9.88 Å². The molecule has 4 nitrogen and oxygen atoms in total. The molecular formula is C18H21N3OS. The maximum atomic E-state index is 12.3. The summed E-state index contributed by atoms with van der Waals surface area (Å²) < 4.78 is 0. The van der Waals surface area contributed by atoms with E-state index >= 15 is 0 Å². The molecule has 0 unspecified atom stereocenters. The van der Waals surface area contributed by atoms with Gasteiger partial charge in [-0.1, -0.05) is 18.2 Å². The summed E-state index contributed by atoms with van der Waals surface area (Å²) >= 11 is 1.53. The number of thiazole rings is 1. The highest BCUT2D eigenvalue weighted by Crippen LogP contribution is 2.25. The molecule has 1 aromatic heterocycles. The summed E-state index contributed by atoms with van der Waals surface area (Å²) in [7, 11) is 1.84. The molecule has 1 aliphatic heterocycles. The summed E-state index contributed by atoms with van der Waals surface area (Å²) in [6, 6.07) is 8.38. The predicted octanol–water partition coefficient (Wildman–Crippen LogP) is 3.42. The van der Waals surface area contributed by atoms with Crippen LogP contribution in [0.3, 0.4) is 0 Å². The number of carbonyl (C=O) groups is 1. The fraction of sp³-hybridized carbons (Fsp3) is 0.333. The Balaban J connectivity index is 1.67. The minimum absolute atomic E-state index is 0.00535. The zero-order valence-corrected chi connectivity index (χ0v) is 14.1. The third kappa shape index (κ3) is 3.99. The fourth-order valence-corrected chi connectivity index (χ4v) is 3.35. The van der Waals surface area contributed by atoms with Gasteiger partial charge in [0.25, 0.3) is 0 Å². The average Bonchev–Trinajstić information content (AvgIpc) is 3.26. The molecule has 0 bridgehead atoms. The third-order valence-electron chi connectivity index (χ3n) is 4.07. The lowest BCUT2D eigenvalue weighted by Gasteiger charge is -2.24. The maximum Gasteiger partial charge on any atom is 0.246 e. The number of nitrogens with zero attached hydrogens (tertiary/aromatic N) is 3. The van der Waals surface area contributed by atoms with Crippen LogP contribution in [-0.4, -0.2) is 35.9 Å². The molecule has 5 heteroatoms. The molecule has 2 heterocycles. The summed E-state index contributed by atoms with van der Waals surface area (Å²) in [5, 5.41) is 1.92. The number of anilines is 1. The lowest BCUT2D eigenvalue weighted by atomic mass is 10.1. The molecule has 3 rings (SSSR count). The topological polar surface area (TPSA) is 36.4 Å². The van der Waals surface area contributed by atoms with Gasteiger partial charge in [-0.25, -0.2) is 4.98 Å². The van der Waals surface area contributed by atoms with Gasteiger partial charge >= 0.3 is 0 Å². The molecular weight excluding hydrogens is 306 g/mol. The van der Waals surface area contributed by atoms with E-state index in [-0.39, 0.29) is 5.91 Å². The van der Waals surface area contributed by atoms with Crippen LogP contribution in [0.5, 0.6) is 0 Å². The molecule has 1 aliphatic rings. The molecule has 1 fully saturated rings. The molecule has 0 aliphatic carbocycles. The fourth-order valence-electron chi connectivity index (χ4n) is 2.83. The highest BCUT2D eigenvalue weighted by Gasteiger charge is 2.16. The highest BCUT2D eigenvalue weighted by molar-refractivity contribution is 7.07. The Morgan fingerprint density at radius 1 is 1.35 bits per heavy atom. The van der Waals surface area contributed by atoms with Crippen LogP contribution in [0.15, 0.2) is 41.2 Å². The van der Waals surface area contributed by atoms with Crippen LogP contribution in [0.4, 0.5) is 5.69 Å². The van der Waals surface area contributed by atoms with Crippen LogP contribution >= 0.6 is 11.3 Å². The second-order valence-corrected chi connectivity index (χ2v) is 6.48. The SMILES string of the molecule is CN(Cc1ccccc1N1CCCC1)C(=O)/C=C/c1cscn1. The normalized spacial score (nSPS) is 14.6. The second kappa shape index (κ2) is 7.42. The maximum absolute atomic E-state index is 12.3. The van der Waals surface area contributed by atoms with Gasteiger partial charge in [-0.2, -0.15) is 0 Å². The van der Waals surface area contributed by atoms with E-state index in [0.29, 0.717) is 6.54 Å². The molecule has 1 aromatic carbocycles. The number of hydrogen-bond donors (Lipinski definition) is 0. The summed E-state index contributed by atoms with van der Waals surface area (Å²) in [6.07, 6.45) is 5.86. The lowest BCUT2D eigenvalue weighted by Crippen LogP contribution is -2.26. The van der Waals surface area contributed by atoms with Crippen molar-refractivity contribution in [3.05, 3.63) is 52.5 Å². The van der Waals surface area contributed by atoms with Gasteiger partial charge in [0.15, 0.2) is 0 Å². The Morgan fingerprint density at radius 3 is 2.87 bits per heavy atom. The Morgan fingerprint density at radius 2 is 2.13 bits per heavy atom. The van der Waals surface area contributed by atoms with E-state index in [4.69, 9.17) is 0 Å². The number of carbonyl (C=O) groups excluding carboxylic acids is 1. The number of rotatable bonds is 5. The molecule has 2 aromatic rings. The van der Waals surface area contributed by atoms with Gasteiger partial charge in [0.1, 0.15) is 0 Å². The number of amides is 1. The average molecular weight is 327 g/mol. The minimum Gasteiger partial charge on any atom is -0.371 e. The highest BCUT2D eigenvalue weighted by atomic mass is 32.1. The minimum atomic E-state index is -0.00535. The van der Waals surface area contributed by atoms with Gasteiger partial charge in [-0.15, -0.1) is 11.3 Å². The lowest BCUT2D eigenvalue weighted by molar-refractivity contribution is -0.125. The van der Waals surface area contributed by atoms with Crippen molar-refractivity contribution >= 4 is 29.0 Å². The smallest absolute Gasteiger partial charge is 0.246 e. The molecule has 23 heavy (non-hydrogen) atoms. The number of benzene rings is 1. The van der Waals surface area contributed by atoms with Crippen LogP contribution in [0, 0.1) is 0 Å². The van der Waals surface area contributed by atoms with E-state index in [1.165, 1.54) is 35.4 Å². The largest absolute Gasteiger partial charge is 0.371 e. The molecule has 0 N–H and O–H groups in total. The number of para-hydroxylation sites is 1. The summed E-state index contributed by atoms with van der Waals surface area (Å²) in [4.78, 5) is 20.6. The van der Waals surface area contributed by atoms with Gasteiger partial charge in [-0.05, 0) is 30.5 Å². The summed E-state index contributed by atoms with van der Waals surface area (Å²) in [6.45, 7) is 2.84. The zero-order chi connectivity index (χ0) is 16.1. The van der Waals surface area contributed by atoms with Crippen LogP contribution in [-0.2, 0) is 11.3 Å². The predicted molar refractivity (Wildman–Crippen MR) is 95.5 cm³/mol. The first-order valence-corrected chi connectivity index (χ1v) is 8.82. The van der Waals surface area contributed by atoms with Crippen molar-refractivity contribution in [2.24, 2.45) is 0 Å². The number of hydrogen-bond acceptors (Lipinski definition) is 4. The first kappa shape index (κ1) is 15.7. The van der Waals surface area contributed by atoms with E-state index in [2.05, 4.69) is 28.1 Å². The van der Waals surface area contributed by atoms with Crippen LogP contribution in [0.2, 0.25) is 0 Å². The van der Waals surface area contributed by atoms with Crippen molar-refractivity contribution in [1.29, 1.82) is 0 Å². The van der Waals surface area contributed by atoms with Crippen molar-refractivity contribution in [2.75, 3.05) is 25.0 Å². The molecule has 1 amide bonds. The van der Waals surface area contributed by atoms with E-state index in [1.54, 1.807) is 22.6 Å². The molecule has 1 saturated heterocycles. The van der Waals surface area contributed by atoms with Crippen molar-refractivity contribution in [2.45, 2.75) is 19.4 Å². The van der Waals surface area contributed by atoms with Gasteiger partial charge in [-0.3, -0.25) is 4.79 Å². The molecule has 120 valence electrons. The zero-order valence-electron chi connectivity index (χ0n) is 13.3. The standard InChI is InChI=1S/C18H21N3OS/c1-20(18(22)9-8-16-13-23-14-19-16)12-15-6-2-3-7-17(15)21-10-4-5-11-21/h2-3,6-9,13-14H,4-5,10-12H2,1H3/b9-8+. The monoisotopic (exact) mass is 327 g/mol. The van der Waals surface area contributed by atoms with Crippen molar-refractivity contribution in [3.63, 3.8) is 0 Å². The molecule has 0 saturated carbocycles. The summed E-state index contributed by atoms with van der Waals surface area (Å²) in [5.74, 6) is -0.00535. The van der Waals surface area contributed by atoms with Crippen molar-refractivity contribution < 1.29 is 4.79 Å². The van der Waals surface area contributed by atoms with Gasteiger partial charge < -0.3 is 9.80 Å². The first-order chi connectivity index (χ1) is 11.2. The van der Waals surface area contributed by atoms with Gasteiger partial charge in [0, 0.05) is 43.8 Å². The van der Waals surface area contributed by atoms with E-state index in [9.17, 15) is 4.79 Å². The van der Waals surface area contributed by atoms with Gasteiger partial charge in [0.05, 0.1) is 11.2 Å². The van der Waals surface area contributed by atoms with Crippen molar-refractivity contribution in [3.8, 4) is 0 Å². The number of likely N-dealkylation sites (N-methyl/N-ethyl adjacent to an activating group) is 1. The first-order valence-electron chi connectivity index (χ1n) is 7.88. The van der Waals surface area contributed by atoms with E-state index < -0.39 is 0 Å². The van der Waals surface area contributed by atoms with Crippen LogP contribution < -0.4 is 4.90 Å². The van der Waals surface area contributed by atoms with E-state index in [1.807, 2.05) is 18.5 Å². The molecule has 0 spiro atoms. The second-order valence-electron chi connectivity index (χ2n) is 5.76. The number of aromatic nitrogens is 1. The Labute approximate surface area is 141 Å². The third-order valence-corrected chi connectivity index (χ3v) is 4.67. The quantitative estimate of drug-likeness (QED) is 0.790. The Hall–Kier alpha value is -2.14. The molecule has 0 radical (unpaired) electrons. The van der Waals surface area contributed by atoms with Crippen LogP contribution in [0.25, 0.3) is 6.08 Å². The molecule has 0 atom stereocenters. The summed E-state index contributed by atoms with van der Waals surface area (Å²) in [5.41, 5.74) is 5.05. The Kier molecular flexibility index (Phi) is 5.08. The van der Waals surface area contributed by atoms with Gasteiger partial charge in [0.2, 0.25) is 5.91 Å². The van der Waals surface area contributed by atoms with Crippen LogP contribution in [0.1, 0.15) is 24.1 Å².